The number of alkyl halides is 3. The molecule has 100 valence electrons. The van der Waals surface area contributed by atoms with E-state index in [9.17, 15) is 22.4 Å². The van der Waals surface area contributed by atoms with Crippen molar-refractivity contribution < 1.29 is 27.5 Å². The average molecular weight is 265 g/mol. The number of rotatable bonds is 4. The lowest BCUT2D eigenvalue weighted by molar-refractivity contribution is -0.167. The van der Waals surface area contributed by atoms with Gasteiger partial charge in [-0.3, -0.25) is 4.79 Å². The van der Waals surface area contributed by atoms with Crippen molar-refractivity contribution in [3.8, 4) is 0 Å². The number of benzene rings is 1. The summed E-state index contributed by atoms with van der Waals surface area (Å²) >= 11 is 0. The first-order valence-electron chi connectivity index (χ1n) is 4.97. The van der Waals surface area contributed by atoms with Gasteiger partial charge in [0.25, 0.3) is 0 Å². The minimum absolute atomic E-state index is 0.296. The molecule has 0 radical (unpaired) electrons. The normalized spacial score (nSPS) is 15.2. The summed E-state index contributed by atoms with van der Waals surface area (Å²) in [5, 5.41) is 9.03. The van der Waals surface area contributed by atoms with Crippen LogP contribution in [0.2, 0.25) is 0 Å². The summed E-state index contributed by atoms with van der Waals surface area (Å²) in [7, 11) is 0. The van der Waals surface area contributed by atoms with Gasteiger partial charge >= 0.3 is 12.1 Å². The van der Waals surface area contributed by atoms with Crippen molar-refractivity contribution in [3.63, 3.8) is 0 Å². The Kier molecular flexibility index (Phi) is 3.95. The molecule has 1 aromatic rings. The number of nitrogens with two attached hydrogens (primary N) is 1. The summed E-state index contributed by atoms with van der Waals surface area (Å²) in [5.41, 5.74) is 2.54. The van der Waals surface area contributed by atoms with E-state index in [0.717, 1.165) is 24.3 Å². The second-order valence-corrected chi connectivity index (χ2v) is 3.89. The molecule has 7 heteroatoms. The van der Waals surface area contributed by atoms with Crippen LogP contribution in [0.15, 0.2) is 24.3 Å². The third-order valence-corrected chi connectivity index (χ3v) is 2.64. The number of carboxylic acids is 1. The van der Waals surface area contributed by atoms with Crippen LogP contribution in [0, 0.1) is 5.82 Å². The largest absolute Gasteiger partial charge is 0.481 e. The molecule has 0 saturated carbocycles. The maximum atomic E-state index is 13.0. The van der Waals surface area contributed by atoms with Gasteiger partial charge < -0.3 is 10.8 Å². The molecular formula is C11H11F4NO2. The SMILES string of the molecule is NCC(CC(F)(F)F)(C(=O)O)c1cccc(F)c1. The Morgan fingerprint density at radius 2 is 1.94 bits per heavy atom. The number of hydrogen-bond donors (Lipinski definition) is 2. The number of aliphatic carboxylic acids is 1. The minimum atomic E-state index is -4.72. The van der Waals surface area contributed by atoms with E-state index in [-0.39, 0.29) is 5.56 Å². The van der Waals surface area contributed by atoms with Crippen molar-refractivity contribution in [3.05, 3.63) is 35.6 Å². The molecule has 1 atom stereocenters. The molecule has 0 aromatic heterocycles. The molecule has 0 heterocycles. The van der Waals surface area contributed by atoms with E-state index < -0.39 is 36.3 Å². The van der Waals surface area contributed by atoms with Gasteiger partial charge in [0.1, 0.15) is 11.2 Å². The van der Waals surface area contributed by atoms with Crippen molar-refractivity contribution in [2.75, 3.05) is 6.54 Å². The molecule has 0 amide bonds. The fourth-order valence-corrected chi connectivity index (χ4v) is 1.71. The zero-order chi connectivity index (χ0) is 14.0. The van der Waals surface area contributed by atoms with Gasteiger partial charge in [-0.15, -0.1) is 0 Å². The van der Waals surface area contributed by atoms with Crippen LogP contribution in [0.3, 0.4) is 0 Å². The molecule has 0 bridgehead atoms. The molecule has 0 aliphatic heterocycles. The van der Waals surface area contributed by atoms with E-state index in [4.69, 9.17) is 10.8 Å². The highest BCUT2D eigenvalue weighted by Gasteiger charge is 2.48. The Balaban J connectivity index is 3.32. The van der Waals surface area contributed by atoms with Crippen molar-refractivity contribution in [2.45, 2.75) is 18.0 Å². The molecule has 3 nitrogen and oxygen atoms in total. The van der Waals surface area contributed by atoms with E-state index in [2.05, 4.69) is 0 Å². The summed E-state index contributed by atoms with van der Waals surface area (Å²) in [6.45, 7) is -0.773. The van der Waals surface area contributed by atoms with E-state index in [1.165, 1.54) is 0 Å². The van der Waals surface area contributed by atoms with Crippen LogP contribution >= 0.6 is 0 Å². The van der Waals surface area contributed by atoms with Gasteiger partial charge in [0.2, 0.25) is 0 Å². The molecule has 0 spiro atoms. The Morgan fingerprint density at radius 1 is 1.33 bits per heavy atom. The Labute approximate surface area is 100 Å². The van der Waals surface area contributed by atoms with Crippen molar-refractivity contribution >= 4 is 5.97 Å². The number of carboxylic acid groups (broad SMARTS) is 1. The molecule has 0 fully saturated rings. The first-order valence-corrected chi connectivity index (χ1v) is 4.97. The molecular weight excluding hydrogens is 254 g/mol. The number of carbonyl (C=O) groups is 1. The lowest BCUT2D eigenvalue weighted by atomic mass is 9.77. The van der Waals surface area contributed by atoms with Gasteiger partial charge in [0.15, 0.2) is 0 Å². The lowest BCUT2D eigenvalue weighted by Gasteiger charge is -2.29. The standard InChI is InChI=1S/C11H11F4NO2/c12-8-3-1-2-7(4-8)10(6-16,9(17)18)5-11(13,14)15/h1-4H,5-6,16H2,(H,17,18). The summed E-state index contributed by atoms with van der Waals surface area (Å²) in [6, 6.07) is 4.04. The third-order valence-electron chi connectivity index (χ3n) is 2.64. The molecule has 18 heavy (non-hydrogen) atoms. The summed E-state index contributed by atoms with van der Waals surface area (Å²) in [4.78, 5) is 11.1. The first-order chi connectivity index (χ1) is 8.21. The lowest BCUT2D eigenvalue weighted by Crippen LogP contribution is -2.46. The van der Waals surface area contributed by atoms with Crippen molar-refractivity contribution in [1.82, 2.24) is 0 Å². The fraction of sp³-hybridized carbons (Fsp3) is 0.364. The quantitative estimate of drug-likeness (QED) is 0.819. The van der Waals surface area contributed by atoms with E-state index in [1.807, 2.05) is 0 Å². The molecule has 0 saturated heterocycles. The monoisotopic (exact) mass is 265 g/mol. The molecule has 1 unspecified atom stereocenters. The Hall–Kier alpha value is -1.63. The first kappa shape index (κ1) is 14.4. The molecule has 1 aromatic carbocycles. The highest BCUT2D eigenvalue weighted by molar-refractivity contribution is 5.81. The molecule has 0 aliphatic carbocycles. The molecule has 3 N–H and O–H groups in total. The Bertz CT molecular complexity index is 447. The second kappa shape index (κ2) is 4.93. The van der Waals surface area contributed by atoms with Crippen LogP contribution in [0.4, 0.5) is 17.6 Å². The summed E-state index contributed by atoms with van der Waals surface area (Å²) < 4.78 is 50.4. The van der Waals surface area contributed by atoms with Crippen LogP contribution in [0.25, 0.3) is 0 Å². The summed E-state index contributed by atoms with van der Waals surface area (Å²) in [5.74, 6) is -2.54. The average Bonchev–Trinajstić information content (AvgIpc) is 2.24. The molecule has 0 aliphatic rings. The van der Waals surface area contributed by atoms with Gasteiger partial charge in [-0.25, -0.2) is 4.39 Å². The maximum Gasteiger partial charge on any atom is 0.390 e. The van der Waals surface area contributed by atoms with E-state index >= 15 is 0 Å². The number of hydrogen-bond acceptors (Lipinski definition) is 2. The van der Waals surface area contributed by atoms with Crippen molar-refractivity contribution in [1.29, 1.82) is 0 Å². The van der Waals surface area contributed by atoms with Crippen LogP contribution in [0.5, 0.6) is 0 Å². The topological polar surface area (TPSA) is 63.3 Å². The predicted molar refractivity (Wildman–Crippen MR) is 55.4 cm³/mol. The highest BCUT2D eigenvalue weighted by atomic mass is 19.4. The zero-order valence-corrected chi connectivity index (χ0v) is 9.17. The van der Waals surface area contributed by atoms with Gasteiger partial charge in [0, 0.05) is 6.54 Å². The molecule has 1 rings (SSSR count). The maximum absolute atomic E-state index is 13.0. The zero-order valence-electron chi connectivity index (χ0n) is 9.17. The van der Waals surface area contributed by atoms with Crippen LogP contribution in [0.1, 0.15) is 12.0 Å². The van der Waals surface area contributed by atoms with Gasteiger partial charge in [0.05, 0.1) is 6.42 Å². The van der Waals surface area contributed by atoms with Crippen LogP contribution in [-0.4, -0.2) is 23.8 Å². The predicted octanol–water partition coefficient (Wildman–Crippen LogP) is 2.06. The minimum Gasteiger partial charge on any atom is -0.481 e. The highest BCUT2D eigenvalue weighted by Crippen LogP contribution is 2.36. The van der Waals surface area contributed by atoms with Gasteiger partial charge in [-0.2, -0.15) is 13.2 Å². The third kappa shape index (κ3) is 2.98. The van der Waals surface area contributed by atoms with Crippen LogP contribution in [-0.2, 0) is 10.2 Å². The number of halogens is 4. The van der Waals surface area contributed by atoms with Gasteiger partial charge in [-0.05, 0) is 17.7 Å². The smallest absolute Gasteiger partial charge is 0.390 e. The Morgan fingerprint density at radius 3 is 2.33 bits per heavy atom. The van der Waals surface area contributed by atoms with Crippen LogP contribution < -0.4 is 5.73 Å². The second-order valence-electron chi connectivity index (χ2n) is 3.89. The van der Waals surface area contributed by atoms with E-state index in [0.29, 0.717) is 0 Å². The van der Waals surface area contributed by atoms with Gasteiger partial charge in [-0.1, -0.05) is 12.1 Å². The fourth-order valence-electron chi connectivity index (χ4n) is 1.71. The van der Waals surface area contributed by atoms with E-state index in [1.54, 1.807) is 0 Å². The van der Waals surface area contributed by atoms with Crippen molar-refractivity contribution in [2.24, 2.45) is 5.73 Å². The summed E-state index contributed by atoms with van der Waals surface area (Å²) in [6.07, 6.45) is -6.36.